The van der Waals surface area contributed by atoms with Gasteiger partial charge >= 0.3 is 11.7 Å². The molecule has 11 heteroatoms. The van der Waals surface area contributed by atoms with Gasteiger partial charge in [0.25, 0.3) is 5.56 Å². The Morgan fingerprint density at radius 1 is 1.34 bits per heavy atom. The number of H-pyrrole nitrogens is 1. The monoisotopic (exact) mass is 430 g/mol. The maximum absolute atomic E-state index is 14.0. The maximum Gasteiger partial charge on any atom is 0.330 e. The van der Waals surface area contributed by atoms with Crippen LogP contribution in [0.2, 0.25) is 5.02 Å². The van der Waals surface area contributed by atoms with Crippen molar-refractivity contribution in [3.63, 3.8) is 0 Å². The Balaban J connectivity index is 1.78. The molecule has 3 atom stereocenters. The van der Waals surface area contributed by atoms with Gasteiger partial charge in [0.1, 0.15) is 24.8 Å². The van der Waals surface area contributed by atoms with E-state index in [1.54, 1.807) is 0 Å². The molecule has 1 aromatic heterocycles. The van der Waals surface area contributed by atoms with Crippen LogP contribution in [-0.2, 0) is 25.6 Å². The van der Waals surface area contributed by atoms with Gasteiger partial charge < -0.3 is 14.2 Å². The lowest BCUT2D eigenvalue weighted by atomic mass is 10.1. The standard InChI is InChI=1S/C18H17ClF2N2O6/c1-9(24)27-8-15-14(28-7-10-2-3-11(19)4-12(10)20)5-16(29-15)23-6-13(21)17(25)22-18(23)26/h2-4,6,14-16H,5,7-8H2,1H3,(H,22,25,26)/t14-,15+,16+/m0/s1. The Kier molecular flexibility index (Phi) is 6.46. The molecule has 1 aliphatic rings. The third kappa shape index (κ3) is 5.08. The number of rotatable bonds is 6. The molecular weight excluding hydrogens is 414 g/mol. The van der Waals surface area contributed by atoms with Gasteiger partial charge in [-0.2, -0.15) is 4.39 Å². The van der Waals surface area contributed by atoms with Crippen LogP contribution in [0.4, 0.5) is 8.78 Å². The molecule has 2 aromatic rings. The Hall–Kier alpha value is -2.56. The number of halogens is 3. The molecule has 8 nitrogen and oxygen atoms in total. The van der Waals surface area contributed by atoms with Crippen molar-refractivity contribution >= 4 is 17.6 Å². The van der Waals surface area contributed by atoms with Crippen LogP contribution in [0.25, 0.3) is 0 Å². The van der Waals surface area contributed by atoms with Gasteiger partial charge in [0.05, 0.1) is 18.9 Å². The number of nitrogens with zero attached hydrogens (tertiary/aromatic N) is 1. The van der Waals surface area contributed by atoms with Gasteiger partial charge in [-0.1, -0.05) is 17.7 Å². The number of aromatic nitrogens is 2. The highest BCUT2D eigenvalue weighted by Gasteiger charge is 2.38. The van der Waals surface area contributed by atoms with Crippen LogP contribution in [0, 0.1) is 11.6 Å². The minimum absolute atomic E-state index is 0.0759. The van der Waals surface area contributed by atoms with Gasteiger partial charge in [-0.15, -0.1) is 0 Å². The fourth-order valence-corrected chi connectivity index (χ4v) is 3.07. The van der Waals surface area contributed by atoms with Crippen molar-refractivity contribution in [3.05, 3.63) is 67.5 Å². The van der Waals surface area contributed by atoms with Crippen LogP contribution >= 0.6 is 11.6 Å². The second-order valence-corrected chi connectivity index (χ2v) is 6.83. The summed E-state index contributed by atoms with van der Waals surface area (Å²) in [4.78, 5) is 36.2. The predicted molar refractivity (Wildman–Crippen MR) is 96.4 cm³/mol. The summed E-state index contributed by atoms with van der Waals surface area (Å²) in [7, 11) is 0. The molecule has 1 N–H and O–H groups in total. The van der Waals surface area contributed by atoms with E-state index >= 15 is 0 Å². The third-order valence-electron chi connectivity index (χ3n) is 4.33. The first-order chi connectivity index (χ1) is 13.7. The molecular formula is C18H17ClF2N2O6. The molecule has 0 amide bonds. The number of hydrogen-bond acceptors (Lipinski definition) is 6. The fraction of sp³-hybridized carbons (Fsp3) is 0.389. The average molecular weight is 431 g/mol. The number of nitrogens with one attached hydrogen (secondary N) is 1. The van der Waals surface area contributed by atoms with Crippen LogP contribution in [-0.4, -0.2) is 34.3 Å². The van der Waals surface area contributed by atoms with E-state index < -0.39 is 47.3 Å². The minimum Gasteiger partial charge on any atom is -0.463 e. The summed E-state index contributed by atoms with van der Waals surface area (Å²) < 4.78 is 44.8. The van der Waals surface area contributed by atoms with E-state index in [-0.39, 0.29) is 30.2 Å². The quantitative estimate of drug-likeness (QED) is 0.703. The van der Waals surface area contributed by atoms with Gasteiger partial charge in [0.2, 0.25) is 5.82 Å². The largest absolute Gasteiger partial charge is 0.463 e. The van der Waals surface area contributed by atoms with Crippen molar-refractivity contribution < 1.29 is 27.8 Å². The summed E-state index contributed by atoms with van der Waals surface area (Å²) in [5.41, 5.74) is -1.76. The van der Waals surface area contributed by atoms with E-state index in [4.69, 9.17) is 25.8 Å². The van der Waals surface area contributed by atoms with E-state index in [0.29, 0.717) is 0 Å². The summed E-state index contributed by atoms with van der Waals surface area (Å²) in [5, 5.41) is 0.239. The average Bonchev–Trinajstić information content (AvgIpc) is 3.05. The molecule has 1 saturated heterocycles. The number of carbonyl (C=O) groups is 1. The van der Waals surface area contributed by atoms with E-state index in [9.17, 15) is 23.2 Å². The predicted octanol–water partition coefficient (Wildman–Crippen LogP) is 1.90. The Morgan fingerprint density at radius 3 is 2.79 bits per heavy atom. The lowest BCUT2D eigenvalue weighted by Gasteiger charge is -2.18. The van der Waals surface area contributed by atoms with Crippen molar-refractivity contribution in [2.24, 2.45) is 0 Å². The first-order valence-corrected chi connectivity index (χ1v) is 8.97. The number of benzene rings is 1. The smallest absolute Gasteiger partial charge is 0.330 e. The molecule has 0 spiro atoms. The summed E-state index contributed by atoms with van der Waals surface area (Å²) in [6.07, 6.45) is -1.66. The number of carbonyl (C=O) groups excluding carboxylic acids is 1. The van der Waals surface area contributed by atoms with Gasteiger partial charge in [-0.25, -0.2) is 9.18 Å². The zero-order chi connectivity index (χ0) is 21.1. The second kappa shape index (κ2) is 8.85. The first kappa shape index (κ1) is 21.2. The van der Waals surface area contributed by atoms with Gasteiger partial charge in [0.15, 0.2) is 0 Å². The van der Waals surface area contributed by atoms with Crippen molar-refractivity contribution in [2.75, 3.05) is 6.61 Å². The topological polar surface area (TPSA) is 99.6 Å². The molecule has 2 heterocycles. The first-order valence-electron chi connectivity index (χ1n) is 8.60. The fourth-order valence-electron chi connectivity index (χ4n) is 2.91. The van der Waals surface area contributed by atoms with Crippen molar-refractivity contribution in [2.45, 2.75) is 38.4 Å². The van der Waals surface area contributed by atoms with Crippen molar-refractivity contribution in [1.82, 2.24) is 9.55 Å². The maximum atomic E-state index is 14.0. The van der Waals surface area contributed by atoms with Gasteiger partial charge in [0, 0.05) is 23.9 Å². The number of aromatic amines is 1. The molecule has 0 radical (unpaired) electrons. The molecule has 1 aliphatic heterocycles. The van der Waals surface area contributed by atoms with Crippen LogP contribution in [0.1, 0.15) is 25.1 Å². The summed E-state index contributed by atoms with van der Waals surface area (Å²) in [6.45, 7) is 0.905. The second-order valence-electron chi connectivity index (χ2n) is 6.40. The highest BCUT2D eigenvalue weighted by molar-refractivity contribution is 6.30. The Morgan fingerprint density at radius 2 is 2.10 bits per heavy atom. The number of esters is 1. The molecule has 1 fully saturated rings. The van der Waals surface area contributed by atoms with Crippen LogP contribution in [0.15, 0.2) is 34.0 Å². The third-order valence-corrected chi connectivity index (χ3v) is 4.57. The minimum atomic E-state index is -1.16. The van der Waals surface area contributed by atoms with Crippen LogP contribution in [0.5, 0.6) is 0 Å². The van der Waals surface area contributed by atoms with Crippen molar-refractivity contribution in [1.29, 1.82) is 0 Å². The number of hydrogen-bond donors (Lipinski definition) is 1. The van der Waals surface area contributed by atoms with E-state index in [0.717, 1.165) is 16.8 Å². The molecule has 156 valence electrons. The van der Waals surface area contributed by atoms with Gasteiger partial charge in [-0.05, 0) is 12.1 Å². The molecule has 0 aliphatic carbocycles. The van der Waals surface area contributed by atoms with E-state index in [2.05, 4.69) is 0 Å². The Labute approximate surface area is 168 Å². The van der Waals surface area contributed by atoms with Gasteiger partial charge in [-0.3, -0.25) is 19.1 Å². The lowest BCUT2D eigenvalue weighted by Crippen LogP contribution is -2.34. The van der Waals surface area contributed by atoms with Crippen LogP contribution < -0.4 is 11.2 Å². The molecule has 1 aromatic carbocycles. The zero-order valence-corrected chi connectivity index (χ0v) is 15.9. The highest BCUT2D eigenvalue weighted by Crippen LogP contribution is 2.31. The van der Waals surface area contributed by atoms with Crippen molar-refractivity contribution in [3.8, 4) is 0 Å². The SMILES string of the molecule is CC(=O)OC[C@H]1O[C@@H](n2cc(F)c(=O)[nH]c2=O)C[C@@H]1OCc1ccc(Cl)cc1F. The Bertz CT molecular complexity index is 1020. The molecule has 0 saturated carbocycles. The molecule has 0 unspecified atom stereocenters. The number of ether oxygens (including phenoxy) is 3. The van der Waals surface area contributed by atoms with E-state index in [1.165, 1.54) is 19.1 Å². The highest BCUT2D eigenvalue weighted by atomic mass is 35.5. The summed E-state index contributed by atoms with van der Waals surface area (Å²) in [6, 6.07) is 4.12. The normalized spacial score (nSPS) is 21.3. The zero-order valence-electron chi connectivity index (χ0n) is 15.2. The molecule has 29 heavy (non-hydrogen) atoms. The molecule has 0 bridgehead atoms. The summed E-state index contributed by atoms with van der Waals surface area (Å²) in [5.74, 6) is -2.26. The summed E-state index contributed by atoms with van der Waals surface area (Å²) >= 11 is 5.73. The van der Waals surface area contributed by atoms with Crippen LogP contribution in [0.3, 0.4) is 0 Å². The van der Waals surface area contributed by atoms with E-state index in [1.807, 2.05) is 4.98 Å². The molecule has 3 rings (SSSR count). The lowest BCUT2D eigenvalue weighted by molar-refractivity contribution is -0.148.